The van der Waals surface area contributed by atoms with Gasteiger partial charge < -0.3 is 10.8 Å². The third kappa shape index (κ3) is 1.49. The van der Waals surface area contributed by atoms with Crippen molar-refractivity contribution in [2.24, 2.45) is 0 Å². The van der Waals surface area contributed by atoms with Gasteiger partial charge in [-0.2, -0.15) is 5.26 Å². The minimum atomic E-state index is -0.769. The van der Waals surface area contributed by atoms with Gasteiger partial charge in [-0.3, -0.25) is 10.1 Å². The van der Waals surface area contributed by atoms with E-state index in [1.807, 2.05) is 0 Å². The maximum atomic E-state index is 10.4. The van der Waals surface area contributed by atoms with Crippen LogP contribution in [0.15, 0.2) is 12.1 Å². The Kier molecular flexibility index (Phi) is 2.02. The molecular formula is C7H5N3O3. The first kappa shape index (κ1) is 8.80. The summed E-state index contributed by atoms with van der Waals surface area (Å²) >= 11 is 0. The lowest BCUT2D eigenvalue weighted by molar-refractivity contribution is -0.385. The van der Waals surface area contributed by atoms with Crippen molar-refractivity contribution in [2.45, 2.75) is 0 Å². The molecule has 0 radical (unpaired) electrons. The molecule has 0 saturated carbocycles. The summed E-state index contributed by atoms with van der Waals surface area (Å²) < 4.78 is 0. The third-order valence-electron chi connectivity index (χ3n) is 1.44. The van der Waals surface area contributed by atoms with E-state index in [4.69, 9.17) is 16.1 Å². The highest BCUT2D eigenvalue weighted by atomic mass is 16.6. The predicted molar refractivity (Wildman–Crippen MR) is 43.9 cm³/mol. The van der Waals surface area contributed by atoms with E-state index >= 15 is 0 Å². The second kappa shape index (κ2) is 2.98. The van der Waals surface area contributed by atoms with Crippen LogP contribution in [0.5, 0.6) is 5.75 Å². The number of phenols is 1. The summed E-state index contributed by atoms with van der Waals surface area (Å²) in [5.74, 6) is -0.330. The van der Waals surface area contributed by atoms with Gasteiger partial charge in [0.1, 0.15) is 11.8 Å². The Bertz CT molecular complexity index is 408. The Morgan fingerprint density at radius 2 is 2.23 bits per heavy atom. The second-order valence-corrected chi connectivity index (χ2v) is 2.30. The smallest absolute Gasteiger partial charge is 0.292 e. The molecule has 0 amide bonds. The quantitative estimate of drug-likeness (QED) is 0.375. The number of benzene rings is 1. The monoisotopic (exact) mass is 179 g/mol. The van der Waals surface area contributed by atoms with Gasteiger partial charge in [-0.05, 0) is 0 Å². The predicted octanol–water partition coefficient (Wildman–Crippen LogP) is 0.754. The van der Waals surface area contributed by atoms with Gasteiger partial charge in [-0.15, -0.1) is 0 Å². The van der Waals surface area contributed by atoms with E-state index in [9.17, 15) is 10.1 Å². The van der Waals surface area contributed by atoms with Crippen LogP contribution in [0.4, 0.5) is 11.4 Å². The zero-order valence-corrected chi connectivity index (χ0v) is 6.39. The molecule has 13 heavy (non-hydrogen) atoms. The number of nitrogen functional groups attached to an aromatic ring is 1. The molecule has 0 bridgehead atoms. The molecule has 0 unspecified atom stereocenters. The van der Waals surface area contributed by atoms with E-state index in [0.717, 1.165) is 12.1 Å². The molecule has 66 valence electrons. The number of nitriles is 1. The van der Waals surface area contributed by atoms with Crippen LogP contribution in [0.25, 0.3) is 0 Å². The van der Waals surface area contributed by atoms with Crippen LogP contribution in [-0.4, -0.2) is 10.0 Å². The Balaban J connectivity index is 3.50. The number of nitrogens with two attached hydrogens (primary N) is 1. The number of rotatable bonds is 1. The summed E-state index contributed by atoms with van der Waals surface area (Å²) in [4.78, 5) is 9.60. The van der Waals surface area contributed by atoms with Crippen molar-refractivity contribution in [3.05, 3.63) is 27.8 Å². The van der Waals surface area contributed by atoms with Crippen LogP contribution in [0, 0.1) is 21.4 Å². The maximum Gasteiger partial charge on any atom is 0.292 e. The first-order valence-electron chi connectivity index (χ1n) is 3.23. The molecule has 0 aromatic heterocycles. The number of aromatic hydroxyl groups is 1. The SMILES string of the molecule is N#Cc1c(N)cc(O)cc1[N+](=O)[O-]. The number of hydrogen-bond donors (Lipinski definition) is 2. The van der Waals surface area contributed by atoms with E-state index < -0.39 is 10.6 Å². The molecule has 0 spiro atoms. The molecule has 6 nitrogen and oxygen atoms in total. The molecule has 0 atom stereocenters. The number of nitro benzene ring substituents is 1. The highest BCUT2D eigenvalue weighted by Crippen LogP contribution is 2.28. The van der Waals surface area contributed by atoms with Crippen molar-refractivity contribution in [1.29, 1.82) is 5.26 Å². The Labute approximate surface area is 73.0 Å². The molecule has 6 heteroatoms. The fourth-order valence-corrected chi connectivity index (χ4v) is 0.899. The molecule has 0 saturated heterocycles. The van der Waals surface area contributed by atoms with E-state index in [1.54, 1.807) is 6.07 Å². The van der Waals surface area contributed by atoms with Crippen LogP contribution in [0.3, 0.4) is 0 Å². The summed E-state index contributed by atoms with van der Waals surface area (Å²) in [6.07, 6.45) is 0. The van der Waals surface area contributed by atoms with Crippen LogP contribution >= 0.6 is 0 Å². The molecule has 0 aliphatic carbocycles. The highest BCUT2D eigenvalue weighted by Gasteiger charge is 2.17. The maximum absolute atomic E-state index is 10.4. The fourth-order valence-electron chi connectivity index (χ4n) is 0.899. The van der Waals surface area contributed by atoms with Crippen molar-refractivity contribution in [3.8, 4) is 11.8 Å². The van der Waals surface area contributed by atoms with E-state index in [0.29, 0.717) is 0 Å². The van der Waals surface area contributed by atoms with Gasteiger partial charge in [-0.1, -0.05) is 0 Å². The van der Waals surface area contributed by atoms with Crippen LogP contribution < -0.4 is 5.73 Å². The van der Waals surface area contributed by atoms with Gasteiger partial charge in [0, 0.05) is 6.07 Å². The summed E-state index contributed by atoms with van der Waals surface area (Å²) in [7, 11) is 0. The van der Waals surface area contributed by atoms with Crippen molar-refractivity contribution in [3.63, 3.8) is 0 Å². The van der Waals surface area contributed by atoms with Crippen molar-refractivity contribution >= 4 is 11.4 Å². The van der Waals surface area contributed by atoms with Crippen LogP contribution in [0.2, 0.25) is 0 Å². The van der Waals surface area contributed by atoms with Crippen molar-refractivity contribution in [1.82, 2.24) is 0 Å². The molecule has 1 rings (SSSR count). The molecule has 0 aliphatic heterocycles. The average Bonchev–Trinajstić information content (AvgIpc) is 2.02. The highest BCUT2D eigenvalue weighted by molar-refractivity contribution is 5.67. The van der Waals surface area contributed by atoms with Gasteiger partial charge >= 0.3 is 0 Å². The first-order valence-corrected chi connectivity index (χ1v) is 3.23. The normalized spacial score (nSPS) is 9.15. The van der Waals surface area contributed by atoms with Crippen molar-refractivity contribution < 1.29 is 10.0 Å². The lowest BCUT2D eigenvalue weighted by Crippen LogP contribution is -1.97. The van der Waals surface area contributed by atoms with E-state index in [1.165, 1.54) is 0 Å². The number of hydrogen-bond acceptors (Lipinski definition) is 5. The third-order valence-corrected chi connectivity index (χ3v) is 1.44. The Hall–Kier alpha value is -2.29. The van der Waals surface area contributed by atoms with Crippen LogP contribution in [-0.2, 0) is 0 Å². The molecular weight excluding hydrogens is 174 g/mol. The zero-order valence-electron chi connectivity index (χ0n) is 6.39. The molecule has 0 fully saturated rings. The lowest BCUT2D eigenvalue weighted by atomic mass is 10.1. The van der Waals surface area contributed by atoms with Gasteiger partial charge in [0.05, 0.1) is 16.7 Å². The topological polar surface area (TPSA) is 113 Å². The molecule has 1 aromatic carbocycles. The lowest BCUT2D eigenvalue weighted by Gasteiger charge is -1.99. The first-order chi connectivity index (χ1) is 6.06. The number of anilines is 1. The van der Waals surface area contributed by atoms with Gasteiger partial charge in [0.15, 0.2) is 5.56 Å². The minimum absolute atomic E-state index is 0.103. The van der Waals surface area contributed by atoms with Gasteiger partial charge in [0.25, 0.3) is 5.69 Å². The molecule has 1 aromatic rings. The number of nitrogens with zero attached hydrogens (tertiary/aromatic N) is 2. The van der Waals surface area contributed by atoms with Gasteiger partial charge in [-0.25, -0.2) is 0 Å². The molecule has 3 N–H and O–H groups in total. The Morgan fingerprint density at radius 1 is 1.62 bits per heavy atom. The largest absolute Gasteiger partial charge is 0.508 e. The summed E-state index contributed by atoms with van der Waals surface area (Å²) in [5.41, 5.74) is 4.46. The summed E-state index contributed by atoms with van der Waals surface area (Å²) in [6.45, 7) is 0. The van der Waals surface area contributed by atoms with E-state index in [-0.39, 0.29) is 17.0 Å². The van der Waals surface area contributed by atoms with E-state index in [2.05, 4.69) is 0 Å². The molecule has 0 heterocycles. The summed E-state index contributed by atoms with van der Waals surface area (Å²) in [5, 5.41) is 27.9. The minimum Gasteiger partial charge on any atom is -0.508 e. The summed E-state index contributed by atoms with van der Waals surface area (Å²) in [6, 6.07) is 3.57. The number of nitro groups is 1. The standard InChI is InChI=1S/C7H5N3O3/c8-3-5-6(9)1-4(11)2-7(5)10(12)13/h1-2,11H,9H2. The van der Waals surface area contributed by atoms with Crippen LogP contribution in [0.1, 0.15) is 5.56 Å². The van der Waals surface area contributed by atoms with Gasteiger partial charge in [0.2, 0.25) is 0 Å². The second-order valence-electron chi connectivity index (χ2n) is 2.30. The molecule has 0 aliphatic rings. The zero-order chi connectivity index (χ0) is 10.0. The average molecular weight is 179 g/mol. The number of phenolic OH excluding ortho intramolecular Hbond substituents is 1. The van der Waals surface area contributed by atoms with Crippen molar-refractivity contribution in [2.75, 3.05) is 5.73 Å². The fraction of sp³-hybridized carbons (Fsp3) is 0. The Morgan fingerprint density at radius 3 is 2.69 bits per heavy atom.